The summed E-state index contributed by atoms with van der Waals surface area (Å²) in [5, 5.41) is 4.08. The molecule has 1 N–H and O–H groups in total. The van der Waals surface area contributed by atoms with Crippen LogP contribution in [0.25, 0.3) is 10.9 Å². The minimum absolute atomic E-state index is 0.0357. The first kappa shape index (κ1) is 13.2. The fraction of sp³-hybridized carbons (Fsp3) is 0.438. The van der Waals surface area contributed by atoms with E-state index in [0.717, 1.165) is 10.9 Å². The van der Waals surface area contributed by atoms with Gasteiger partial charge in [0, 0.05) is 31.6 Å². The van der Waals surface area contributed by atoms with Crippen molar-refractivity contribution in [1.29, 1.82) is 0 Å². The highest BCUT2D eigenvalue weighted by Crippen LogP contribution is 2.33. The maximum atomic E-state index is 12.3. The number of nitrogens with zero attached hydrogens (tertiary/aromatic N) is 1. The van der Waals surface area contributed by atoms with Crippen LogP contribution in [0, 0.1) is 5.92 Å². The van der Waals surface area contributed by atoms with Gasteiger partial charge in [0.05, 0.1) is 6.10 Å². The molecule has 0 spiro atoms. The van der Waals surface area contributed by atoms with Gasteiger partial charge in [0.25, 0.3) is 5.91 Å². The second kappa shape index (κ2) is 5.29. The predicted molar refractivity (Wildman–Crippen MR) is 78.8 cm³/mol. The van der Waals surface area contributed by atoms with Crippen LogP contribution < -0.4 is 5.32 Å². The Morgan fingerprint density at radius 2 is 2.20 bits per heavy atom. The molecule has 4 heteroatoms. The molecule has 1 heterocycles. The van der Waals surface area contributed by atoms with Crippen molar-refractivity contribution >= 4 is 16.8 Å². The average Bonchev–Trinajstić information content (AvgIpc) is 3.24. The summed E-state index contributed by atoms with van der Waals surface area (Å²) in [4.78, 5) is 12.3. The van der Waals surface area contributed by atoms with E-state index in [9.17, 15) is 4.79 Å². The van der Waals surface area contributed by atoms with Crippen LogP contribution in [0.3, 0.4) is 0 Å². The SMILES string of the molecule is COC(CNC(=O)c1cc2ccccc2n1C)C1CC1. The molecule has 1 fully saturated rings. The summed E-state index contributed by atoms with van der Waals surface area (Å²) in [5.41, 5.74) is 1.76. The molecule has 1 aliphatic carbocycles. The second-order valence-electron chi connectivity index (χ2n) is 5.47. The lowest BCUT2D eigenvalue weighted by molar-refractivity contribution is 0.0737. The van der Waals surface area contributed by atoms with Crippen LogP contribution >= 0.6 is 0 Å². The summed E-state index contributed by atoms with van der Waals surface area (Å²) in [5.74, 6) is 0.583. The molecule has 1 saturated carbocycles. The molecule has 1 unspecified atom stereocenters. The van der Waals surface area contributed by atoms with Gasteiger partial charge in [0.2, 0.25) is 0 Å². The molecule has 2 aromatic rings. The minimum Gasteiger partial charge on any atom is -0.379 e. The molecule has 20 heavy (non-hydrogen) atoms. The smallest absolute Gasteiger partial charge is 0.268 e. The van der Waals surface area contributed by atoms with E-state index in [4.69, 9.17) is 4.74 Å². The normalized spacial score (nSPS) is 16.3. The topological polar surface area (TPSA) is 43.3 Å². The van der Waals surface area contributed by atoms with Crippen molar-refractivity contribution in [3.05, 3.63) is 36.0 Å². The van der Waals surface area contributed by atoms with Gasteiger partial charge in [-0.15, -0.1) is 0 Å². The Kier molecular flexibility index (Phi) is 3.49. The molecule has 1 atom stereocenters. The summed E-state index contributed by atoms with van der Waals surface area (Å²) in [7, 11) is 3.64. The predicted octanol–water partition coefficient (Wildman–Crippen LogP) is 2.33. The molecule has 3 rings (SSSR count). The molecule has 1 aromatic heterocycles. The van der Waals surface area contributed by atoms with E-state index in [1.54, 1.807) is 7.11 Å². The van der Waals surface area contributed by atoms with E-state index < -0.39 is 0 Å². The number of hydrogen-bond acceptors (Lipinski definition) is 2. The monoisotopic (exact) mass is 272 g/mol. The third-order valence-corrected chi connectivity index (χ3v) is 4.10. The van der Waals surface area contributed by atoms with Crippen molar-refractivity contribution in [1.82, 2.24) is 9.88 Å². The average molecular weight is 272 g/mol. The molecule has 106 valence electrons. The number of carbonyl (C=O) groups excluding carboxylic acids is 1. The number of carbonyl (C=O) groups is 1. The van der Waals surface area contributed by atoms with E-state index in [1.165, 1.54) is 12.8 Å². The molecule has 4 nitrogen and oxygen atoms in total. The van der Waals surface area contributed by atoms with Gasteiger partial charge in [0.1, 0.15) is 5.69 Å². The first-order chi connectivity index (χ1) is 9.70. The number of hydrogen-bond donors (Lipinski definition) is 1. The highest BCUT2D eigenvalue weighted by atomic mass is 16.5. The van der Waals surface area contributed by atoms with Gasteiger partial charge >= 0.3 is 0 Å². The Hall–Kier alpha value is -1.81. The van der Waals surface area contributed by atoms with Gasteiger partial charge in [-0.25, -0.2) is 0 Å². The van der Waals surface area contributed by atoms with E-state index in [0.29, 0.717) is 18.2 Å². The molecular formula is C16H20N2O2. The second-order valence-corrected chi connectivity index (χ2v) is 5.47. The van der Waals surface area contributed by atoms with Crippen molar-refractivity contribution in [2.24, 2.45) is 13.0 Å². The molecular weight excluding hydrogens is 252 g/mol. The zero-order valence-corrected chi connectivity index (χ0v) is 11.9. The number of benzene rings is 1. The highest BCUT2D eigenvalue weighted by Gasteiger charge is 2.31. The standard InChI is InChI=1S/C16H20N2O2/c1-18-13-6-4-3-5-12(13)9-14(18)16(19)17-10-15(20-2)11-7-8-11/h3-6,9,11,15H,7-8,10H2,1-2H3,(H,17,19). The Bertz CT molecular complexity index is 628. The van der Waals surface area contributed by atoms with Crippen LogP contribution in [0.5, 0.6) is 0 Å². The van der Waals surface area contributed by atoms with Crippen molar-refractivity contribution in [2.75, 3.05) is 13.7 Å². The zero-order valence-electron chi connectivity index (χ0n) is 11.9. The summed E-state index contributed by atoms with van der Waals surface area (Å²) < 4.78 is 7.36. The van der Waals surface area contributed by atoms with Crippen LogP contribution in [-0.2, 0) is 11.8 Å². The summed E-state index contributed by atoms with van der Waals surface area (Å²) >= 11 is 0. The number of aryl methyl sites for hydroxylation is 1. The third-order valence-electron chi connectivity index (χ3n) is 4.10. The lowest BCUT2D eigenvalue weighted by Gasteiger charge is -2.15. The first-order valence-electron chi connectivity index (χ1n) is 7.06. The number of methoxy groups -OCH3 is 1. The van der Waals surface area contributed by atoms with Crippen LogP contribution in [0.1, 0.15) is 23.3 Å². The minimum atomic E-state index is -0.0357. The van der Waals surface area contributed by atoms with Crippen molar-refractivity contribution < 1.29 is 9.53 Å². The van der Waals surface area contributed by atoms with Crippen molar-refractivity contribution in [2.45, 2.75) is 18.9 Å². The Morgan fingerprint density at radius 1 is 1.45 bits per heavy atom. The number of amides is 1. The molecule has 0 saturated heterocycles. The third kappa shape index (κ3) is 2.43. The van der Waals surface area contributed by atoms with Crippen molar-refractivity contribution in [3.63, 3.8) is 0 Å². The van der Waals surface area contributed by atoms with Crippen LogP contribution in [-0.4, -0.2) is 30.2 Å². The van der Waals surface area contributed by atoms with Crippen LogP contribution in [0.15, 0.2) is 30.3 Å². The Labute approximate surface area is 118 Å². The number of fused-ring (bicyclic) bond motifs is 1. The van der Waals surface area contributed by atoms with E-state index in [2.05, 4.69) is 5.32 Å². The van der Waals surface area contributed by atoms with Gasteiger partial charge in [-0.1, -0.05) is 18.2 Å². The fourth-order valence-electron chi connectivity index (χ4n) is 2.70. The molecule has 1 amide bonds. The number of ether oxygens (including phenoxy) is 1. The van der Waals surface area contributed by atoms with Gasteiger partial charge in [-0.3, -0.25) is 4.79 Å². The lowest BCUT2D eigenvalue weighted by atomic mass is 10.2. The lowest BCUT2D eigenvalue weighted by Crippen LogP contribution is -2.35. The molecule has 1 aliphatic rings. The number of rotatable bonds is 5. The van der Waals surface area contributed by atoms with Gasteiger partial charge < -0.3 is 14.6 Å². The number of nitrogens with one attached hydrogen (secondary N) is 1. The van der Waals surface area contributed by atoms with Gasteiger partial charge in [-0.2, -0.15) is 0 Å². The van der Waals surface area contributed by atoms with Gasteiger partial charge in [-0.05, 0) is 30.9 Å². The van der Waals surface area contributed by atoms with Crippen LogP contribution in [0.2, 0.25) is 0 Å². The summed E-state index contributed by atoms with van der Waals surface area (Å²) in [6.07, 6.45) is 2.57. The van der Waals surface area contributed by atoms with E-state index in [-0.39, 0.29) is 12.0 Å². The zero-order chi connectivity index (χ0) is 14.1. The maximum Gasteiger partial charge on any atom is 0.268 e. The fourth-order valence-corrected chi connectivity index (χ4v) is 2.70. The van der Waals surface area contributed by atoms with Crippen LogP contribution in [0.4, 0.5) is 0 Å². The summed E-state index contributed by atoms with van der Waals surface area (Å²) in [6, 6.07) is 9.95. The van der Waals surface area contributed by atoms with Gasteiger partial charge in [0.15, 0.2) is 0 Å². The Balaban J connectivity index is 1.73. The van der Waals surface area contributed by atoms with E-state index in [1.807, 2.05) is 41.9 Å². The summed E-state index contributed by atoms with van der Waals surface area (Å²) in [6.45, 7) is 0.585. The molecule has 1 aromatic carbocycles. The first-order valence-corrected chi connectivity index (χ1v) is 7.06. The largest absolute Gasteiger partial charge is 0.379 e. The number of para-hydroxylation sites is 1. The van der Waals surface area contributed by atoms with Crippen molar-refractivity contribution in [3.8, 4) is 0 Å². The quantitative estimate of drug-likeness (QED) is 0.908. The maximum absolute atomic E-state index is 12.3. The highest BCUT2D eigenvalue weighted by molar-refractivity contribution is 5.98. The number of aromatic nitrogens is 1. The Morgan fingerprint density at radius 3 is 2.85 bits per heavy atom. The molecule has 0 radical (unpaired) electrons. The molecule has 0 bridgehead atoms. The molecule has 0 aliphatic heterocycles. The van der Waals surface area contributed by atoms with E-state index >= 15 is 0 Å².